The Kier molecular flexibility index (Phi) is 5.19. The van der Waals surface area contributed by atoms with E-state index < -0.39 is 0 Å². The van der Waals surface area contributed by atoms with Crippen LogP contribution in [0.2, 0.25) is 0 Å². The second-order valence-electron chi connectivity index (χ2n) is 7.81. The molecule has 0 radical (unpaired) electrons. The smallest absolute Gasteiger partial charge is 0.309 e. The van der Waals surface area contributed by atoms with Gasteiger partial charge in [-0.25, -0.2) is 9.78 Å². The van der Waals surface area contributed by atoms with E-state index in [4.69, 9.17) is 4.98 Å². The minimum absolute atomic E-state index is 0.330. The molecule has 2 heterocycles. The molecule has 0 aliphatic heterocycles. The Hall–Kier alpha value is -3.58. The highest BCUT2D eigenvalue weighted by molar-refractivity contribution is 7.98. The zero-order chi connectivity index (χ0) is 22.2. The van der Waals surface area contributed by atoms with Gasteiger partial charge in [0.15, 0.2) is 16.3 Å². The summed E-state index contributed by atoms with van der Waals surface area (Å²) in [7, 11) is 3.16. The predicted octanol–water partition coefficient (Wildman–Crippen LogP) is 3.93. The van der Waals surface area contributed by atoms with Crippen LogP contribution in [0.3, 0.4) is 0 Å². The predicted molar refractivity (Wildman–Crippen MR) is 129 cm³/mol. The third-order valence-electron chi connectivity index (χ3n) is 5.68. The maximum absolute atomic E-state index is 13.0. The Labute approximate surface area is 188 Å². The minimum atomic E-state index is -0.377. The molecule has 0 aliphatic carbocycles. The molecule has 0 aliphatic rings. The molecule has 0 saturated carbocycles. The Bertz CT molecular complexity index is 1560. The number of thioether (sulfide) groups is 1. The first-order valence-electron chi connectivity index (χ1n) is 10.3. The zero-order valence-corrected chi connectivity index (χ0v) is 18.7. The number of nitrogens with zero attached hydrogens (tertiary/aromatic N) is 4. The van der Waals surface area contributed by atoms with Crippen molar-refractivity contribution in [1.29, 1.82) is 0 Å². The van der Waals surface area contributed by atoms with Crippen molar-refractivity contribution < 1.29 is 0 Å². The van der Waals surface area contributed by atoms with Gasteiger partial charge in [-0.05, 0) is 21.9 Å². The number of aromatic nitrogens is 4. The topological polar surface area (TPSA) is 61.8 Å². The molecular weight excluding hydrogens is 420 g/mol. The third kappa shape index (κ3) is 3.54. The van der Waals surface area contributed by atoms with E-state index in [1.807, 2.05) is 47.0 Å². The van der Waals surface area contributed by atoms with Gasteiger partial charge >= 0.3 is 5.69 Å². The molecule has 0 unspecified atom stereocenters. The fourth-order valence-corrected chi connectivity index (χ4v) is 4.86. The summed E-state index contributed by atoms with van der Waals surface area (Å²) >= 11 is 1.57. The van der Waals surface area contributed by atoms with Gasteiger partial charge in [0.25, 0.3) is 5.56 Å². The van der Waals surface area contributed by atoms with E-state index in [0.717, 1.165) is 15.3 Å². The summed E-state index contributed by atoms with van der Waals surface area (Å²) < 4.78 is 4.51. The summed E-state index contributed by atoms with van der Waals surface area (Å²) in [6.45, 7) is 0.505. The van der Waals surface area contributed by atoms with Crippen molar-refractivity contribution >= 4 is 33.7 Å². The van der Waals surface area contributed by atoms with Crippen LogP contribution >= 0.6 is 11.8 Å². The molecule has 2 aromatic heterocycles. The van der Waals surface area contributed by atoms with Crippen LogP contribution in [0, 0.1) is 0 Å². The van der Waals surface area contributed by atoms with Crippen LogP contribution in [0.4, 0.5) is 0 Å². The number of rotatable bonds is 5. The van der Waals surface area contributed by atoms with Crippen molar-refractivity contribution in [3.05, 3.63) is 105 Å². The highest BCUT2D eigenvalue weighted by atomic mass is 32.2. The lowest BCUT2D eigenvalue weighted by Gasteiger charge is -2.10. The summed E-state index contributed by atoms with van der Waals surface area (Å²) in [5, 5.41) is 3.12. The second kappa shape index (κ2) is 8.16. The molecule has 7 heteroatoms. The summed E-state index contributed by atoms with van der Waals surface area (Å²) in [6, 6.07) is 24.7. The highest BCUT2D eigenvalue weighted by Crippen LogP contribution is 2.27. The molecule has 3 aromatic carbocycles. The quantitative estimate of drug-likeness (QED) is 0.387. The molecule has 0 atom stereocenters. The Morgan fingerprint density at radius 3 is 2.31 bits per heavy atom. The number of fused-ring (bicyclic) bond motifs is 2. The fourth-order valence-electron chi connectivity index (χ4n) is 3.93. The molecule has 5 rings (SSSR count). The van der Waals surface area contributed by atoms with E-state index in [0.29, 0.717) is 23.5 Å². The minimum Gasteiger partial charge on any atom is -0.309 e. The largest absolute Gasteiger partial charge is 0.332 e. The lowest BCUT2D eigenvalue weighted by Crippen LogP contribution is -2.37. The molecule has 160 valence electrons. The van der Waals surface area contributed by atoms with E-state index in [-0.39, 0.29) is 11.2 Å². The number of hydrogen-bond donors (Lipinski definition) is 0. The Balaban J connectivity index is 1.59. The van der Waals surface area contributed by atoms with Crippen molar-refractivity contribution in [2.75, 3.05) is 0 Å². The standard InChI is InChI=1S/C25H22N4O2S/c1-27-22-21(23(30)28(2)25(27)31)29(15-17-8-4-3-5-9-17)24(26-22)32-16-18-12-13-19-10-6-7-11-20(19)14-18/h3-14H,15-16H2,1-2H3. The van der Waals surface area contributed by atoms with Gasteiger partial charge in [0, 0.05) is 19.8 Å². The molecule has 0 saturated heterocycles. The van der Waals surface area contributed by atoms with Crippen LogP contribution in [0.1, 0.15) is 11.1 Å². The van der Waals surface area contributed by atoms with Crippen LogP contribution in [0.15, 0.2) is 87.5 Å². The van der Waals surface area contributed by atoms with Crippen molar-refractivity contribution in [2.24, 2.45) is 14.1 Å². The maximum Gasteiger partial charge on any atom is 0.332 e. The summed E-state index contributed by atoms with van der Waals surface area (Å²) in [5.74, 6) is 0.706. The van der Waals surface area contributed by atoms with E-state index in [1.54, 1.807) is 18.8 Å². The average Bonchev–Trinajstić information content (AvgIpc) is 3.18. The summed E-state index contributed by atoms with van der Waals surface area (Å²) in [5.41, 5.74) is 2.39. The summed E-state index contributed by atoms with van der Waals surface area (Å²) in [6.07, 6.45) is 0. The molecule has 5 aromatic rings. The van der Waals surface area contributed by atoms with Gasteiger partial charge in [-0.2, -0.15) is 0 Å². The van der Waals surface area contributed by atoms with E-state index in [1.165, 1.54) is 28.0 Å². The van der Waals surface area contributed by atoms with Crippen LogP contribution in [-0.2, 0) is 26.4 Å². The lowest BCUT2D eigenvalue weighted by molar-refractivity contribution is 0.696. The molecular formula is C25H22N4O2S. The first-order valence-corrected chi connectivity index (χ1v) is 11.3. The summed E-state index contributed by atoms with van der Waals surface area (Å²) in [4.78, 5) is 30.2. The monoisotopic (exact) mass is 442 g/mol. The van der Waals surface area contributed by atoms with Crippen molar-refractivity contribution in [3.63, 3.8) is 0 Å². The van der Waals surface area contributed by atoms with Gasteiger partial charge in [0.05, 0.1) is 6.54 Å². The molecule has 0 bridgehead atoms. The average molecular weight is 443 g/mol. The van der Waals surface area contributed by atoms with Crippen LogP contribution in [0.5, 0.6) is 0 Å². The molecule has 0 amide bonds. The van der Waals surface area contributed by atoms with Crippen LogP contribution in [-0.4, -0.2) is 18.7 Å². The van der Waals surface area contributed by atoms with Gasteiger partial charge in [-0.1, -0.05) is 84.6 Å². The number of benzene rings is 3. The van der Waals surface area contributed by atoms with E-state index >= 15 is 0 Å². The van der Waals surface area contributed by atoms with Crippen LogP contribution < -0.4 is 11.2 Å². The lowest BCUT2D eigenvalue weighted by atomic mass is 10.1. The SMILES string of the molecule is Cn1c(=O)c2c(nc(SCc3ccc4ccccc4c3)n2Cc2ccccc2)n(C)c1=O. The van der Waals surface area contributed by atoms with Gasteiger partial charge in [0.1, 0.15) is 0 Å². The van der Waals surface area contributed by atoms with Crippen molar-refractivity contribution in [2.45, 2.75) is 17.5 Å². The third-order valence-corrected chi connectivity index (χ3v) is 6.73. The number of imidazole rings is 1. The molecule has 0 fully saturated rings. The van der Waals surface area contributed by atoms with E-state index in [9.17, 15) is 9.59 Å². The van der Waals surface area contributed by atoms with Crippen molar-refractivity contribution in [3.8, 4) is 0 Å². The number of hydrogen-bond acceptors (Lipinski definition) is 4. The van der Waals surface area contributed by atoms with Crippen molar-refractivity contribution in [1.82, 2.24) is 18.7 Å². The Morgan fingerprint density at radius 2 is 1.53 bits per heavy atom. The first-order chi connectivity index (χ1) is 15.5. The molecule has 0 N–H and O–H groups in total. The van der Waals surface area contributed by atoms with Gasteiger partial charge in [-0.15, -0.1) is 0 Å². The molecule has 32 heavy (non-hydrogen) atoms. The maximum atomic E-state index is 13.0. The molecule has 6 nitrogen and oxygen atoms in total. The normalized spacial score (nSPS) is 11.4. The highest BCUT2D eigenvalue weighted by Gasteiger charge is 2.19. The van der Waals surface area contributed by atoms with Crippen LogP contribution in [0.25, 0.3) is 21.9 Å². The van der Waals surface area contributed by atoms with Gasteiger partial charge in [-0.3, -0.25) is 13.9 Å². The first kappa shape index (κ1) is 20.3. The Morgan fingerprint density at radius 1 is 0.812 bits per heavy atom. The second-order valence-corrected chi connectivity index (χ2v) is 8.76. The van der Waals surface area contributed by atoms with Gasteiger partial charge < -0.3 is 4.57 Å². The fraction of sp³-hybridized carbons (Fsp3) is 0.160. The van der Waals surface area contributed by atoms with E-state index in [2.05, 4.69) is 30.3 Å². The number of aryl methyl sites for hydroxylation is 1. The molecule has 0 spiro atoms. The zero-order valence-electron chi connectivity index (χ0n) is 17.9. The van der Waals surface area contributed by atoms with Gasteiger partial charge in [0.2, 0.25) is 0 Å².